The van der Waals surface area contributed by atoms with Crippen molar-refractivity contribution in [2.75, 3.05) is 11.9 Å². The number of nitrogens with zero attached hydrogens (tertiary/aromatic N) is 4. The molecule has 0 spiro atoms. The van der Waals surface area contributed by atoms with Crippen LogP contribution in [-0.4, -0.2) is 32.3 Å². The molecule has 1 N–H and O–H groups in total. The second-order valence-corrected chi connectivity index (χ2v) is 9.33. The minimum atomic E-state index is -4.56. The maximum atomic E-state index is 13.0. The number of β-lactam (4-membered cyclic amide) rings is 1. The molecular formula is C21H17ClF3N5OS. The number of carbonyl (C=O) groups is 1. The smallest absolute Gasteiger partial charge is 0.330 e. The molecule has 2 fully saturated rings. The monoisotopic (exact) mass is 479 g/mol. The van der Waals surface area contributed by atoms with Crippen molar-refractivity contribution in [1.82, 2.24) is 19.9 Å². The standard InChI is InChI=1S/C21H17ClF3N5OS/c1-11-7-12(9-13(8-11)27-19-26-5-3-14(28-19)21(23,24)25)16-17(22)29-18(32-16)20-4-2-6-30(20)15(31)10-20/h3,5,7-9H,2,4,6,10H2,1H3,(H,26,27,28). The van der Waals surface area contributed by atoms with Crippen molar-refractivity contribution >= 4 is 40.5 Å². The van der Waals surface area contributed by atoms with Crippen LogP contribution in [0.25, 0.3) is 10.4 Å². The van der Waals surface area contributed by atoms with Crippen LogP contribution < -0.4 is 5.32 Å². The van der Waals surface area contributed by atoms with Gasteiger partial charge in [-0.1, -0.05) is 17.7 Å². The molecule has 1 amide bonds. The number of anilines is 2. The van der Waals surface area contributed by atoms with E-state index >= 15 is 0 Å². The number of benzene rings is 1. The lowest BCUT2D eigenvalue weighted by Crippen LogP contribution is -2.57. The van der Waals surface area contributed by atoms with Crippen LogP contribution in [0.1, 0.15) is 35.5 Å². The zero-order valence-electron chi connectivity index (χ0n) is 16.8. The summed E-state index contributed by atoms with van der Waals surface area (Å²) in [6.45, 7) is 2.61. The Hall–Kier alpha value is -2.72. The van der Waals surface area contributed by atoms with E-state index in [1.165, 1.54) is 11.3 Å². The molecule has 0 radical (unpaired) electrons. The molecule has 2 saturated heterocycles. The SMILES string of the molecule is Cc1cc(Nc2nccc(C(F)(F)F)n2)cc(-c2sc(C34CCCN3C(=O)C4)nc2Cl)c1. The fourth-order valence-electron chi connectivity index (χ4n) is 4.35. The van der Waals surface area contributed by atoms with Crippen LogP contribution in [0.15, 0.2) is 30.5 Å². The van der Waals surface area contributed by atoms with Gasteiger partial charge >= 0.3 is 6.18 Å². The van der Waals surface area contributed by atoms with Gasteiger partial charge in [-0.3, -0.25) is 4.79 Å². The Morgan fingerprint density at radius 3 is 2.81 bits per heavy atom. The molecule has 0 bridgehead atoms. The van der Waals surface area contributed by atoms with Gasteiger partial charge in [0.05, 0.1) is 11.3 Å². The Morgan fingerprint density at radius 2 is 2.06 bits per heavy atom. The van der Waals surface area contributed by atoms with E-state index in [2.05, 4.69) is 20.3 Å². The molecular weight excluding hydrogens is 463 g/mol. The van der Waals surface area contributed by atoms with Crippen LogP contribution in [0.5, 0.6) is 0 Å². The van der Waals surface area contributed by atoms with Gasteiger partial charge in [0, 0.05) is 18.4 Å². The third kappa shape index (κ3) is 3.51. The molecule has 2 aromatic heterocycles. The summed E-state index contributed by atoms with van der Waals surface area (Å²) < 4.78 is 38.9. The Labute approximate surface area is 190 Å². The summed E-state index contributed by atoms with van der Waals surface area (Å²) in [7, 11) is 0. The van der Waals surface area contributed by atoms with Gasteiger partial charge in [-0.05, 0) is 49.1 Å². The van der Waals surface area contributed by atoms with Crippen molar-refractivity contribution in [3.8, 4) is 10.4 Å². The minimum Gasteiger partial charge on any atom is -0.330 e. The summed E-state index contributed by atoms with van der Waals surface area (Å²) >= 11 is 7.94. The molecule has 2 aliphatic heterocycles. The van der Waals surface area contributed by atoms with Crippen molar-refractivity contribution in [3.05, 3.63) is 51.9 Å². The molecule has 1 aromatic carbocycles. The number of rotatable bonds is 4. The minimum absolute atomic E-state index is 0.138. The van der Waals surface area contributed by atoms with Crippen LogP contribution in [-0.2, 0) is 16.5 Å². The van der Waals surface area contributed by atoms with Crippen molar-refractivity contribution in [3.63, 3.8) is 0 Å². The third-order valence-corrected chi connectivity index (χ3v) is 7.44. The van der Waals surface area contributed by atoms with Gasteiger partial charge in [0.25, 0.3) is 0 Å². The second kappa shape index (κ2) is 7.41. The molecule has 3 aromatic rings. The van der Waals surface area contributed by atoms with E-state index in [4.69, 9.17) is 11.6 Å². The van der Waals surface area contributed by atoms with E-state index in [0.717, 1.165) is 52.7 Å². The predicted molar refractivity (Wildman–Crippen MR) is 115 cm³/mol. The first-order valence-corrected chi connectivity index (χ1v) is 11.1. The van der Waals surface area contributed by atoms with E-state index in [1.807, 2.05) is 17.9 Å². The lowest BCUT2D eigenvalue weighted by molar-refractivity contribution is -0.153. The summed E-state index contributed by atoms with van der Waals surface area (Å²) in [4.78, 5) is 26.6. The van der Waals surface area contributed by atoms with Gasteiger partial charge in [-0.15, -0.1) is 11.3 Å². The zero-order chi connectivity index (χ0) is 22.7. The van der Waals surface area contributed by atoms with E-state index < -0.39 is 11.9 Å². The summed E-state index contributed by atoms with van der Waals surface area (Å²) in [5.41, 5.74) is 0.820. The molecule has 0 aliphatic carbocycles. The number of amides is 1. The van der Waals surface area contributed by atoms with Crippen molar-refractivity contribution in [1.29, 1.82) is 0 Å². The lowest BCUT2D eigenvalue weighted by atomic mass is 9.85. The highest BCUT2D eigenvalue weighted by Gasteiger charge is 2.56. The van der Waals surface area contributed by atoms with Gasteiger partial charge in [-0.2, -0.15) is 13.2 Å². The average Bonchev–Trinajstić information content (AvgIpc) is 3.27. The summed E-state index contributed by atoms with van der Waals surface area (Å²) in [5, 5.41) is 4.02. The highest BCUT2D eigenvalue weighted by Crippen LogP contribution is 2.52. The Balaban J connectivity index is 1.47. The van der Waals surface area contributed by atoms with E-state index in [-0.39, 0.29) is 17.4 Å². The number of hydrogen-bond donors (Lipinski definition) is 1. The number of halogens is 4. The first-order valence-electron chi connectivity index (χ1n) is 9.92. The number of alkyl halides is 3. The van der Waals surface area contributed by atoms with Crippen molar-refractivity contribution in [2.24, 2.45) is 0 Å². The van der Waals surface area contributed by atoms with E-state index in [1.54, 1.807) is 12.1 Å². The number of fused-ring (bicyclic) bond motifs is 1. The number of carbonyl (C=O) groups excluding carboxylic acids is 1. The van der Waals surface area contributed by atoms with Gasteiger partial charge in [-0.25, -0.2) is 15.0 Å². The topological polar surface area (TPSA) is 71.0 Å². The molecule has 1 unspecified atom stereocenters. The van der Waals surface area contributed by atoms with Crippen LogP contribution >= 0.6 is 22.9 Å². The van der Waals surface area contributed by atoms with Gasteiger partial charge < -0.3 is 10.2 Å². The Morgan fingerprint density at radius 1 is 1.25 bits per heavy atom. The van der Waals surface area contributed by atoms with Crippen molar-refractivity contribution in [2.45, 2.75) is 37.9 Å². The lowest BCUT2D eigenvalue weighted by Gasteiger charge is -2.45. The Bertz CT molecular complexity index is 1230. The number of aromatic nitrogens is 3. The van der Waals surface area contributed by atoms with Crippen LogP contribution in [0.2, 0.25) is 5.15 Å². The molecule has 6 nitrogen and oxygen atoms in total. The Kier molecular flexibility index (Phi) is 4.90. The van der Waals surface area contributed by atoms with Gasteiger partial charge in [0.2, 0.25) is 11.9 Å². The van der Waals surface area contributed by atoms with Crippen molar-refractivity contribution < 1.29 is 18.0 Å². The van der Waals surface area contributed by atoms with Gasteiger partial charge in [0.1, 0.15) is 21.4 Å². The second-order valence-electron chi connectivity index (χ2n) is 7.97. The highest BCUT2D eigenvalue weighted by molar-refractivity contribution is 7.16. The van der Waals surface area contributed by atoms with Crippen LogP contribution in [0, 0.1) is 6.92 Å². The summed E-state index contributed by atoms with van der Waals surface area (Å²) in [6.07, 6.45) is -1.24. The summed E-state index contributed by atoms with van der Waals surface area (Å²) in [5.74, 6) is -0.0144. The molecule has 0 saturated carbocycles. The maximum Gasteiger partial charge on any atom is 0.433 e. The number of thiazole rings is 1. The first kappa shape index (κ1) is 21.1. The van der Waals surface area contributed by atoms with E-state index in [0.29, 0.717) is 17.3 Å². The average molecular weight is 480 g/mol. The number of nitrogens with one attached hydrogen (secondary N) is 1. The van der Waals surface area contributed by atoms with Gasteiger partial charge in [0.15, 0.2) is 0 Å². The zero-order valence-corrected chi connectivity index (χ0v) is 18.4. The first-order chi connectivity index (χ1) is 15.2. The van der Waals surface area contributed by atoms with Crippen LogP contribution in [0.4, 0.5) is 24.8 Å². The number of aryl methyl sites for hydroxylation is 1. The normalized spacial score (nSPS) is 20.3. The quantitative estimate of drug-likeness (QED) is 0.497. The molecule has 11 heteroatoms. The fraction of sp³-hybridized carbons (Fsp3) is 0.333. The fourth-order valence-corrected chi connectivity index (χ4v) is 5.88. The molecule has 32 heavy (non-hydrogen) atoms. The molecule has 1 atom stereocenters. The third-order valence-electron chi connectivity index (χ3n) is 5.76. The molecule has 5 rings (SSSR count). The van der Waals surface area contributed by atoms with E-state index in [9.17, 15) is 18.0 Å². The molecule has 166 valence electrons. The number of hydrogen-bond acceptors (Lipinski definition) is 6. The summed E-state index contributed by atoms with van der Waals surface area (Å²) in [6, 6.07) is 6.31. The largest absolute Gasteiger partial charge is 0.433 e. The molecule has 2 aliphatic rings. The predicted octanol–water partition coefficient (Wildman–Crippen LogP) is 5.55. The maximum absolute atomic E-state index is 13.0. The molecule has 4 heterocycles. The highest BCUT2D eigenvalue weighted by atomic mass is 35.5. The van der Waals surface area contributed by atoms with Crippen LogP contribution in [0.3, 0.4) is 0 Å².